The predicted molar refractivity (Wildman–Crippen MR) is 274 cm³/mol. The van der Waals surface area contributed by atoms with Crippen molar-refractivity contribution in [3.05, 3.63) is 229 Å². The van der Waals surface area contributed by atoms with Crippen LogP contribution in [0.25, 0.3) is 98.5 Å². The number of benzene rings is 10. The van der Waals surface area contributed by atoms with E-state index in [1.807, 2.05) is 6.07 Å². The summed E-state index contributed by atoms with van der Waals surface area (Å²) in [5.74, 6) is 1.51. The van der Waals surface area contributed by atoms with Crippen LogP contribution in [0.5, 0.6) is 0 Å². The van der Waals surface area contributed by atoms with Gasteiger partial charge in [0.2, 0.25) is 0 Å². The number of nitrogens with zero attached hydrogens (tertiary/aromatic N) is 5. The average molecular weight is 846 g/mol. The van der Waals surface area contributed by atoms with Crippen molar-refractivity contribution in [2.45, 2.75) is 6.17 Å². The number of amidine groups is 2. The average Bonchev–Trinajstić information content (AvgIpc) is 4.03. The number of rotatable bonds is 5. The molecule has 10 aromatic carbocycles. The molecule has 310 valence electrons. The predicted octanol–water partition coefficient (Wildman–Crippen LogP) is 14.9. The van der Waals surface area contributed by atoms with Gasteiger partial charge in [0.1, 0.15) is 11.4 Å². The number of fused-ring (bicyclic) bond motifs is 11. The molecule has 1 atom stereocenters. The van der Waals surface area contributed by atoms with Gasteiger partial charge < -0.3 is 18.5 Å². The van der Waals surface area contributed by atoms with Gasteiger partial charge in [-0.15, -0.1) is 0 Å². The number of aromatic nitrogens is 2. The summed E-state index contributed by atoms with van der Waals surface area (Å²) in [6, 6.07) is 75.9. The van der Waals surface area contributed by atoms with E-state index in [0.717, 1.165) is 83.3 Å². The smallest absolute Gasteiger partial charge is 0.159 e. The van der Waals surface area contributed by atoms with Crippen molar-refractivity contribution < 1.29 is 4.42 Å². The highest BCUT2D eigenvalue weighted by Gasteiger charge is 2.31. The second-order valence-electron chi connectivity index (χ2n) is 17.4. The molecule has 13 aromatic rings. The molecular weight excluding hydrogens is 807 g/mol. The number of hydrogen-bond acceptors (Lipinski definition) is 4. The summed E-state index contributed by atoms with van der Waals surface area (Å²) in [5, 5.41) is 11.5. The summed E-state index contributed by atoms with van der Waals surface area (Å²) in [6.45, 7) is 0. The van der Waals surface area contributed by atoms with Crippen molar-refractivity contribution in [3.8, 4) is 11.4 Å². The van der Waals surface area contributed by atoms with Crippen LogP contribution in [0.4, 0.5) is 0 Å². The van der Waals surface area contributed by atoms with E-state index in [4.69, 9.17) is 14.4 Å². The van der Waals surface area contributed by atoms with Crippen LogP contribution in [0.2, 0.25) is 0 Å². The molecule has 1 unspecified atom stereocenters. The van der Waals surface area contributed by atoms with E-state index in [1.165, 1.54) is 37.7 Å². The Morgan fingerprint density at radius 3 is 1.91 bits per heavy atom. The maximum Gasteiger partial charge on any atom is 0.159 e. The van der Waals surface area contributed by atoms with Gasteiger partial charge in [-0.05, 0) is 88.3 Å². The summed E-state index contributed by atoms with van der Waals surface area (Å²) in [4.78, 5) is 13.6. The van der Waals surface area contributed by atoms with Crippen LogP contribution in [0.1, 0.15) is 22.9 Å². The Bertz CT molecular complexity index is 4210. The van der Waals surface area contributed by atoms with E-state index in [1.54, 1.807) is 0 Å². The Morgan fingerprint density at radius 2 is 1.09 bits per heavy atom. The summed E-state index contributed by atoms with van der Waals surface area (Å²) in [5.41, 5.74) is 11.2. The molecule has 3 aromatic heterocycles. The molecule has 0 radical (unpaired) electrons. The van der Waals surface area contributed by atoms with Crippen molar-refractivity contribution in [2.75, 3.05) is 7.05 Å². The highest BCUT2D eigenvalue weighted by Crippen LogP contribution is 2.43. The fraction of sp³-hybridized carbons (Fsp3) is 0.0333. The van der Waals surface area contributed by atoms with Gasteiger partial charge in [-0.2, -0.15) is 0 Å². The van der Waals surface area contributed by atoms with Crippen molar-refractivity contribution in [3.63, 3.8) is 0 Å². The lowest BCUT2D eigenvalue weighted by Crippen LogP contribution is -2.35. The van der Waals surface area contributed by atoms with Crippen LogP contribution in [-0.4, -0.2) is 32.8 Å². The zero-order chi connectivity index (χ0) is 43.5. The zero-order valence-electron chi connectivity index (χ0n) is 35.9. The van der Waals surface area contributed by atoms with Crippen LogP contribution < -0.4 is 0 Å². The first-order chi connectivity index (χ1) is 32.6. The Labute approximate surface area is 379 Å². The van der Waals surface area contributed by atoms with Crippen LogP contribution in [0, 0.1) is 0 Å². The van der Waals surface area contributed by atoms with Gasteiger partial charge in [-0.3, -0.25) is 0 Å². The van der Waals surface area contributed by atoms with Crippen LogP contribution >= 0.6 is 0 Å². The van der Waals surface area contributed by atoms with Crippen LogP contribution in [0.15, 0.2) is 227 Å². The van der Waals surface area contributed by atoms with Crippen molar-refractivity contribution in [1.82, 2.24) is 14.0 Å². The third-order valence-corrected chi connectivity index (χ3v) is 13.7. The van der Waals surface area contributed by atoms with Gasteiger partial charge in [-0.1, -0.05) is 146 Å². The van der Waals surface area contributed by atoms with Crippen molar-refractivity contribution in [1.29, 1.82) is 0 Å². The molecule has 0 fully saturated rings. The minimum atomic E-state index is -0.419. The summed E-state index contributed by atoms with van der Waals surface area (Å²) < 4.78 is 11.6. The maximum absolute atomic E-state index is 6.89. The van der Waals surface area contributed by atoms with E-state index in [9.17, 15) is 0 Å². The van der Waals surface area contributed by atoms with Gasteiger partial charge in [0.25, 0.3) is 0 Å². The second-order valence-corrected chi connectivity index (χ2v) is 17.4. The largest absolute Gasteiger partial charge is 0.454 e. The monoisotopic (exact) mass is 845 g/mol. The van der Waals surface area contributed by atoms with Gasteiger partial charge >= 0.3 is 0 Å². The van der Waals surface area contributed by atoms with Crippen molar-refractivity contribution >= 4 is 98.8 Å². The molecule has 4 heterocycles. The minimum absolute atomic E-state index is 0.419. The molecule has 6 heteroatoms. The number of aliphatic imine (C=N–C) groups is 2. The fourth-order valence-corrected chi connectivity index (χ4v) is 10.7. The number of hydrogen-bond donors (Lipinski definition) is 0. The molecule has 0 bridgehead atoms. The quantitative estimate of drug-likeness (QED) is 0.173. The first-order valence-electron chi connectivity index (χ1n) is 22.5. The zero-order valence-corrected chi connectivity index (χ0v) is 35.9. The number of furan rings is 1. The Hall–Kier alpha value is -8.74. The highest BCUT2D eigenvalue weighted by atomic mass is 16.3. The van der Waals surface area contributed by atoms with E-state index >= 15 is 0 Å². The third kappa shape index (κ3) is 5.42. The molecule has 1 aliphatic rings. The summed E-state index contributed by atoms with van der Waals surface area (Å²) in [6.07, 6.45) is -0.419. The van der Waals surface area contributed by atoms with E-state index in [-0.39, 0.29) is 0 Å². The van der Waals surface area contributed by atoms with Gasteiger partial charge in [0.05, 0.1) is 27.8 Å². The normalized spacial score (nSPS) is 14.4. The Morgan fingerprint density at radius 1 is 0.439 bits per heavy atom. The van der Waals surface area contributed by atoms with Gasteiger partial charge in [-0.25, -0.2) is 9.98 Å². The fourth-order valence-electron chi connectivity index (χ4n) is 10.7. The molecule has 14 rings (SSSR count). The van der Waals surface area contributed by atoms with Crippen molar-refractivity contribution in [2.24, 2.45) is 9.98 Å². The second kappa shape index (κ2) is 14.1. The Kier molecular flexibility index (Phi) is 7.86. The van der Waals surface area contributed by atoms with E-state index in [2.05, 4.69) is 227 Å². The molecule has 0 spiro atoms. The van der Waals surface area contributed by atoms with E-state index in [0.29, 0.717) is 5.84 Å². The van der Waals surface area contributed by atoms with Gasteiger partial charge in [0.15, 0.2) is 17.6 Å². The molecular formula is C60H39N5O. The number of para-hydroxylation sites is 4. The van der Waals surface area contributed by atoms with Crippen LogP contribution in [0.3, 0.4) is 0 Å². The molecule has 0 saturated heterocycles. The first-order valence-corrected chi connectivity index (χ1v) is 22.5. The molecule has 1 aliphatic heterocycles. The SMILES string of the molecule is CN1C(c2ccc3ccccc3c2)=NC(c2cc(-n3c4ccccc4c4cc5ccccc5cc43)c3oc4ccccc4c3c2)=NC1c1cccc2c1c1ccccc1n2-c1ccccc1. The molecule has 0 saturated carbocycles. The summed E-state index contributed by atoms with van der Waals surface area (Å²) in [7, 11) is 2.13. The van der Waals surface area contributed by atoms with Crippen LogP contribution in [-0.2, 0) is 0 Å². The standard InChI is InChI=1S/C60H39N5O/c1-63-59(41-31-30-37-16-5-6-17-38(37)32-41)61-58(62-60(63)47-25-15-28-52-56(47)46-24-10-13-27-51(46)64(52)43-20-3-2-4-21-43)42-34-49-45-23-11-14-29-55(45)66-57(49)54(36-42)65-50-26-12-9-22-44(50)48-33-39-18-7-8-19-40(39)35-53(48)65/h2-36,60H,1H3. The lowest BCUT2D eigenvalue weighted by atomic mass is 10.0. The Balaban J connectivity index is 1.07. The minimum Gasteiger partial charge on any atom is -0.454 e. The summed E-state index contributed by atoms with van der Waals surface area (Å²) >= 11 is 0. The third-order valence-electron chi connectivity index (χ3n) is 13.7. The van der Waals surface area contributed by atoms with Gasteiger partial charge in [0, 0.05) is 61.7 Å². The molecule has 66 heavy (non-hydrogen) atoms. The van der Waals surface area contributed by atoms with E-state index < -0.39 is 6.17 Å². The molecule has 0 aliphatic carbocycles. The lowest BCUT2D eigenvalue weighted by molar-refractivity contribution is 0.385. The first kappa shape index (κ1) is 36.7. The molecule has 6 nitrogen and oxygen atoms in total. The molecule has 0 amide bonds. The topological polar surface area (TPSA) is 51.0 Å². The molecule has 0 N–H and O–H groups in total. The highest BCUT2D eigenvalue weighted by molar-refractivity contribution is 6.20. The maximum atomic E-state index is 6.89. The lowest BCUT2D eigenvalue weighted by Gasteiger charge is -2.33.